The SMILES string of the molecule is CC(CC(=O)O)NC(=O)c1cc(F)ccc1N. The van der Waals surface area contributed by atoms with Crippen LogP contribution in [0.3, 0.4) is 0 Å². The van der Waals surface area contributed by atoms with Gasteiger partial charge in [0.05, 0.1) is 12.0 Å². The molecule has 1 aromatic rings. The van der Waals surface area contributed by atoms with Crippen LogP contribution < -0.4 is 11.1 Å². The molecular formula is C11H13FN2O3. The van der Waals surface area contributed by atoms with Gasteiger partial charge in [0, 0.05) is 11.7 Å². The molecule has 0 spiro atoms. The Morgan fingerprint density at radius 2 is 2.18 bits per heavy atom. The molecule has 0 aliphatic rings. The molecule has 6 heteroatoms. The zero-order valence-electron chi connectivity index (χ0n) is 9.24. The second kappa shape index (κ2) is 5.29. The molecule has 0 heterocycles. The van der Waals surface area contributed by atoms with Gasteiger partial charge in [0.25, 0.3) is 5.91 Å². The Morgan fingerprint density at radius 1 is 1.53 bits per heavy atom. The summed E-state index contributed by atoms with van der Waals surface area (Å²) < 4.78 is 12.9. The maximum Gasteiger partial charge on any atom is 0.305 e. The lowest BCUT2D eigenvalue weighted by Crippen LogP contribution is -2.34. The normalized spacial score (nSPS) is 11.9. The topological polar surface area (TPSA) is 92.4 Å². The van der Waals surface area contributed by atoms with Gasteiger partial charge in [-0.3, -0.25) is 9.59 Å². The van der Waals surface area contributed by atoms with E-state index < -0.39 is 23.7 Å². The quantitative estimate of drug-likeness (QED) is 0.684. The second-order valence-corrected chi connectivity index (χ2v) is 3.70. The number of aliphatic carboxylic acids is 1. The van der Waals surface area contributed by atoms with Crippen molar-refractivity contribution in [2.45, 2.75) is 19.4 Å². The van der Waals surface area contributed by atoms with E-state index in [0.29, 0.717) is 0 Å². The van der Waals surface area contributed by atoms with E-state index in [9.17, 15) is 14.0 Å². The van der Waals surface area contributed by atoms with Gasteiger partial charge >= 0.3 is 5.97 Å². The Labute approximate surface area is 97.4 Å². The fourth-order valence-corrected chi connectivity index (χ4v) is 1.34. The Hall–Kier alpha value is -2.11. The van der Waals surface area contributed by atoms with Crippen LogP contribution in [0.4, 0.5) is 10.1 Å². The molecule has 1 atom stereocenters. The number of carbonyl (C=O) groups is 2. The van der Waals surface area contributed by atoms with Crippen molar-refractivity contribution >= 4 is 17.6 Å². The lowest BCUT2D eigenvalue weighted by atomic mass is 10.1. The summed E-state index contributed by atoms with van der Waals surface area (Å²) in [6.07, 6.45) is -0.207. The highest BCUT2D eigenvalue weighted by atomic mass is 19.1. The monoisotopic (exact) mass is 240 g/mol. The first kappa shape index (κ1) is 13.0. The van der Waals surface area contributed by atoms with Gasteiger partial charge in [-0.05, 0) is 25.1 Å². The van der Waals surface area contributed by atoms with Crippen molar-refractivity contribution in [1.29, 1.82) is 0 Å². The summed E-state index contributed by atoms with van der Waals surface area (Å²) >= 11 is 0. The number of anilines is 1. The molecule has 1 rings (SSSR count). The van der Waals surface area contributed by atoms with E-state index in [-0.39, 0.29) is 17.7 Å². The molecule has 1 amide bonds. The number of nitrogen functional groups attached to an aromatic ring is 1. The number of amides is 1. The van der Waals surface area contributed by atoms with E-state index in [2.05, 4.69) is 5.32 Å². The Kier molecular flexibility index (Phi) is 4.03. The number of nitrogens with two attached hydrogens (primary N) is 1. The number of hydrogen-bond donors (Lipinski definition) is 3. The summed E-state index contributed by atoms with van der Waals surface area (Å²) in [5, 5.41) is 11.0. The van der Waals surface area contributed by atoms with Crippen molar-refractivity contribution in [3.63, 3.8) is 0 Å². The molecule has 1 unspecified atom stereocenters. The lowest BCUT2D eigenvalue weighted by Gasteiger charge is -2.12. The largest absolute Gasteiger partial charge is 0.481 e. The molecule has 0 aliphatic heterocycles. The van der Waals surface area contributed by atoms with Crippen molar-refractivity contribution in [2.24, 2.45) is 0 Å². The van der Waals surface area contributed by atoms with Crippen LogP contribution >= 0.6 is 0 Å². The number of carboxylic acid groups (broad SMARTS) is 1. The molecule has 1 aromatic carbocycles. The molecule has 17 heavy (non-hydrogen) atoms. The summed E-state index contributed by atoms with van der Waals surface area (Å²) in [4.78, 5) is 22.1. The Balaban J connectivity index is 2.76. The van der Waals surface area contributed by atoms with E-state index in [0.717, 1.165) is 12.1 Å². The van der Waals surface area contributed by atoms with Crippen molar-refractivity contribution in [3.8, 4) is 0 Å². The molecule has 0 saturated carbocycles. The maximum atomic E-state index is 12.9. The van der Waals surface area contributed by atoms with E-state index >= 15 is 0 Å². The van der Waals surface area contributed by atoms with Crippen LogP contribution in [0.15, 0.2) is 18.2 Å². The van der Waals surface area contributed by atoms with Crippen LogP contribution in [-0.4, -0.2) is 23.0 Å². The third-order valence-corrected chi connectivity index (χ3v) is 2.12. The number of nitrogens with one attached hydrogen (secondary N) is 1. The van der Waals surface area contributed by atoms with Crippen molar-refractivity contribution in [2.75, 3.05) is 5.73 Å². The first-order valence-corrected chi connectivity index (χ1v) is 4.98. The minimum Gasteiger partial charge on any atom is -0.481 e. The summed E-state index contributed by atoms with van der Waals surface area (Å²) in [5.74, 6) is -2.18. The van der Waals surface area contributed by atoms with Crippen LogP contribution in [0.25, 0.3) is 0 Å². The maximum absolute atomic E-state index is 12.9. The molecule has 0 bridgehead atoms. The van der Waals surface area contributed by atoms with Crippen LogP contribution in [-0.2, 0) is 4.79 Å². The molecule has 92 valence electrons. The molecule has 0 aliphatic carbocycles. The highest BCUT2D eigenvalue weighted by molar-refractivity contribution is 5.99. The van der Waals surface area contributed by atoms with E-state index in [1.165, 1.54) is 6.07 Å². The smallest absolute Gasteiger partial charge is 0.305 e. The van der Waals surface area contributed by atoms with Crippen molar-refractivity contribution < 1.29 is 19.1 Å². The van der Waals surface area contributed by atoms with Crippen LogP contribution in [0.1, 0.15) is 23.7 Å². The number of hydrogen-bond acceptors (Lipinski definition) is 3. The highest BCUT2D eigenvalue weighted by Gasteiger charge is 2.15. The third kappa shape index (κ3) is 3.75. The molecule has 0 aromatic heterocycles. The van der Waals surface area contributed by atoms with E-state index in [1.54, 1.807) is 6.92 Å². The Morgan fingerprint density at radius 3 is 2.76 bits per heavy atom. The van der Waals surface area contributed by atoms with Gasteiger partial charge in [0.2, 0.25) is 0 Å². The summed E-state index contributed by atoms with van der Waals surface area (Å²) in [5.41, 5.74) is 5.67. The average molecular weight is 240 g/mol. The van der Waals surface area contributed by atoms with Crippen molar-refractivity contribution in [3.05, 3.63) is 29.6 Å². The van der Waals surface area contributed by atoms with Crippen LogP contribution in [0, 0.1) is 5.82 Å². The highest BCUT2D eigenvalue weighted by Crippen LogP contribution is 2.13. The van der Waals surface area contributed by atoms with Crippen LogP contribution in [0.2, 0.25) is 0 Å². The minimum atomic E-state index is -1.02. The standard InChI is InChI=1S/C11H13FN2O3/c1-6(4-10(15)16)14-11(17)8-5-7(12)2-3-9(8)13/h2-3,5-6H,4,13H2,1H3,(H,14,17)(H,15,16). The second-order valence-electron chi connectivity index (χ2n) is 3.70. The van der Waals surface area contributed by atoms with Crippen LogP contribution in [0.5, 0.6) is 0 Å². The van der Waals surface area contributed by atoms with Gasteiger partial charge in [-0.1, -0.05) is 0 Å². The van der Waals surface area contributed by atoms with E-state index in [4.69, 9.17) is 10.8 Å². The minimum absolute atomic E-state index is 0.00207. The molecule has 0 radical (unpaired) electrons. The molecule has 4 N–H and O–H groups in total. The zero-order valence-corrected chi connectivity index (χ0v) is 9.24. The number of benzene rings is 1. The first-order chi connectivity index (χ1) is 7.90. The summed E-state index contributed by atoms with van der Waals surface area (Å²) in [6, 6.07) is 2.89. The zero-order chi connectivity index (χ0) is 13.0. The summed E-state index contributed by atoms with van der Waals surface area (Å²) in [6.45, 7) is 1.54. The number of carboxylic acids is 1. The van der Waals surface area contributed by atoms with Gasteiger partial charge in [0.1, 0.15) is 5.82 Å². The average Bonchev–Trinajstić information content (AvgIpc) is 2.20. The van der Waals surface area contributed by atoms with Gasteiger partial charge in [0.15, 0.2) is 0 Å². The van der Waals surface area contributed by atoms with Gasteiger partial charge in [-0.2, -0.15) is 0 Å². The number of halogens is 1. The molecular weight excluding hydrogens is 227 g/mol. The van der Waals surface area contributed by atoms with E-state index in [1.807, 2.05) is 0 Å². The van der Waals surface area contributed by atoms with Gasteiger partial charge < -0.3 is 16.2 Å². The Bertz CT molecular complexity index is 448. The predicted octanol–water partition coefficient (Wildman–Crippen LogP) is 1.00. The fraction of sp³-hybridized carbons (Fsp3) is 0.273. The fourth-order valence-electron chi connectivity index (χ4n) is 1.34. The predicted molar refractivity (Wildman–Crippen MR) is 60.0 cm³/mol. The number of rotatable bonds is 4. The molecule has 0 fully saturated rings. The summed E-state index contributed by atoms with van der Waals surface area (Å²) in [7, 11) is 0. The lowest BCUT2D eigenvalue weighted by molar-refractivity contribution is -0.137. The van der Waals surface area contributed by atoms with Gasteiger partial charge in [-0.25, -0.2) is 4.39 Å². The molecule has 0 saturated heterocycles. The number of carbonyl (C=O) groups excluding carboxylic acids is 1. The first-order valence-electron chi connectivity index (χ1n) is 4.98. The third-order valence-electron chi connectivity index (χ3n) is 2.12. The molecule has 5 nitrogen and oxygen atoms in total. The van der Waals surface area contributed by atoms with Gasteiger partial charge in [-0.15, -0.1) is 0 Å². The van der Waals surface area contributed by atoms with Crippen molar-refractivity contribution in [1.82, 2.24) is 5.32 Å².